The van der Waals surface area contributed by atoms with Crippen LogP contribution in [0.5, 0.6) is 0 Å². The number of amides is 1. The number of nitrogens with zero attached hydrogens (tertiary/aromatic N) is 1. The summed E-state index contributed by atoms with van der Waals surface area (Å²) in [5.74, 6) is -0.379. The van der Waals surface area contributed by atoms with Crippen LogP contribution in [0.3, 0.4) is 0 Å². The van der Waals surface area contributed by atoms with Crippen LogP contribution >= 0.6 is 11.6 Å². The summed E-state index contributed by atoms with van der Waals surface area (Å²) in [6, 6.07) is 12.2. The highest BCUT2D eigenvalue weighted by atomic mass is 35.5. The average Bonchev–Trinajstić information content (AvgIpc) is 2.61. The van der Waals surface area contributed by atoms with Gasteiger partial charge in [-0.2, -0.15) is 0 Å². The van der Waals surface area contributed by atoms with Gasteiger partial charge in [0, 0.05) is 29.9 Å². The van der Waals surface area contributed by atoms with E-state index in [2.05, 4.69) is 10.2 Å². The largest absolute Gasteiger partial charge is 0.370 e. The van der Waals surface area contributed by atoms with Crippen molar-refractivity contribution in [2.45, 2.75) is 25.0 Å². The summed E-state index contributed by atoms with van der Waals surface area (Å²) >= 11 is 6.15. The van der Waals surface area contributed by atoms with E-state index in [1.54, 1.807) is 30.3 Å². The van der Waals surface area contributed by atoms with Crippen molar-refractivity contribution in [2.24, 2.45) is 0 Å². The first-order chi connectivity index (χ1) is 12.8. The summed E-state index contributed by atoms with van der Waals surface area (Å²) in [7, 11) is -3.16. The zero-order valence-corrected chi connectivity index (χ0v) is 16.8. The molecule has 1 N–H and O–H groups in total. The van der Waals surface area contributed by atoms with Crippen LogP contribution in [0.4, 0.5) is 11.4 Å². The van der Waals surface area contributed by atoms with E-state index in [1.165, 1.54) is 12.7 Å². The van der Waals surface area contributed by atoms with Crippen LogP contribution in [0.1, 0.15) is 35.2 Å². The maximum Gasteiger partial charge on any atom is 0.255 e. The molecule has 5 nitrogen and oxygen atoms in total. The lowest BCUT2D eigenvalue weighted by molar-refractivity contribution is 0.102. The molecule has 1 aliphatic rings. The highest BCUT2D eigenvalue weighted by molar-refractivity contribution is 7.89. The van der Waals surface area contributed by atoms with Gasteiger partial charge in [0.1, 0.15) is 0 Å². The molecule has 27 heavy (non-hydrogen) atoms. The first kappa shape index (κ1) is 19.7. The molecule has 2 aromatic carbocycles. The molecule has 144 valence electrons. The number of benzene rings is 2. The highest BCUT2D eigenvalue weighted by Gasteiger charge is 2.17. The zero-order chi connectivity index (χ0) is 19.4. The van der Waals surface area contributed by atoms with Crippen molar-refractivity contribution >= 4 is 38.7 Å². The lowest BCUT2D eigenvalue weighted by atomic mass is 10.1. The van der Waals surface area contributed by atoms with E-state index < -0.39 is 9.84 Å². The number of hydrogen-bond donors (Lipinski definition) is 1. The van der Waals surface area contributed by atoms with E-state index in [4.69, 9.17) is 11.6 Å². The van der Waals surface area contributed by atoms with Crippen molar-refractivity contribution < 1.29 is 13.2 Å². The van der Waals surface area contributed by atoms with Crippen LogP contribution in [-0.4, -0.2) is 33.7 Å². The van der Waals surface area contributed by atoms with Crippen molar-refractivity contribution in [1.29, 1.82) is 0 Å². The monoisotopic (exact) mass is 406 g/mol. The van der Waals surface area contributed by atoms with Gasteiger partial charge in [0.25, 0.3) is 5.91 Å². The molecule has 0 unspecified atom stereocenters. The second-order valence-corrected chi connectivity index (χ2v) is 9.51. The first-order valence-electron chi connectivity index (χ1n) is 8.94. The Bertz CT molecular complexity index is 938. The maximum atomic E-state index is 12.8. The SMILES string of the molecule is CS(=O)(=O)Cc1cccc(C(=O)Nc2cc(Cl)ccc2N2CCCCC2)c1. The minimum atomic E-state index is -3.16. The van der Waals surface area contributed by atoms with Gasteiger partial charge in [-0.15, -0.1) is 0 Å². The highest BCUT2D eigenvalue weighted by Crippen LogP contribution is 2.31. The molecule has 1 amide bonds. The Morgan fingerprint density at radius 2 is 1.85 bits per heavy atom. The number of carbonyl (C=O) groups is 1. The lowest BCUT2D eigenvalue weighted by Gasteiger charge is -2.30. The summed E-state index contributed by atoms with van der Waals surface area (Å²) < 4.78 is 23.0. The lowest BCUT2D eigenvalue weighted by Crippen LogP contribution is -2.30. The Morgan fingerprint density at radius 1 is 1.11 bits per heavy atom. The molecule has 0 radical (unpaired) electrons. The van der Waals surface area contributed by atoms with Gasteiger partial charge in [0.2, 0.25) is 0 Å². The fourth-order valence-corrected chi connectivity index (χ4v) is 4.28. The third-order valence-corrected chi connectivity index (χ3v) is 5.61. The van der Waals surface area contributed by atoms with Crippen LogP contribution in [0.25, 0.3) is 0 Å². The topological polar surface area (TPSA) is 66.5 Å². The van der Waals surface area contributed by atoms with Gasteiger partial charge >= 0.3 is 0 Å². The standard InChI is InChI=1S/C20H23ClN2O3S/c1-27(25,26)14-15-6-5-7-16(12-15)20(24)22-18-13-17(21)8-9-19(18)23-10-3-2-4-11-23/h5-9,12-13H,2-4,10-11,14H2,1H3,(H,22,24). The second kappa shape index (κ2) is 8.31. The summed E-state index contributed by atoms with van der Waals surface area (Å²) in [5.41, 5.74) is 2.64. The quantitative estimate of drug-likeness (QED) is 0.810. The maximum absolute atomic E-state index is 12.8. The number of nitrogens with one attached hydrogen (secondary N) is 1. The molecule has 7 heteroatoms. The van der Waals surface area contributed by atoms with Crippen molar-refractivity contribution in [3.8, 4) is 0 Å². The minimum absolute atomic E-state index is 0.0929. The molecule has 1 fully saturated rings. The normalized spacial score (nSPS) is 14.8. The summed E-state index contributed by atoms with van der Waals surface area (Å²) in [5, 5.41) is 3.49. The molecular weight excluding hydrogens is 384 g/mol. The molecular formula is C20H23ClN2O3S. The van der Waals surface area contributed by atoms with Gasteiger partial charge < -0.3 is 10.2 Å². The molecule has 1 heterocycles. The fourth-order valence-electron chi connectivity index (χ4n) is 3.32. The predicted molar refractivity (Wildman–Crippen MR) is 110 cm³/mol. The van der Waals surface area contributed by atoms with E-state index in [0.717, 1.165) is 31.6 Å². The fraction of sp³-hybridized carbons (Fsp3) is 0.350. The van der Waals surface area contributed by atoms with Crippen LogP contribution in [0.15, 0.2) is 42.5 Å². The molecule has 0 bridgehead atoms. The number of anilines is 2. The van der Waals surface area contributed by atoms with Crippen LogP contribution < -0.4 is 10.2 Å². The molecule has 0 spiro atoms. The van der Waals surface area contributed by atoms with Crippen molar-refractivity contribution in [3.05, 3.63) is 58.6 Å². The average molecular weight is 407 g/mol. The Balaban J connectivity index is 1.83. The minimum Gasteiger partial charge on any atom is -0.370 e. The first-order valence-corrected chi connectivity index (χ1v) is 11.4. The molecule has 3 rings (SSSR count). The predicted octanol–water partition coefficient (Wildman–Crippen LogP) is 4.13. The van der Waals surface area contributed by atoms with Gasteiger partial charge in [-0.25, -0.2) is 8.42 Å². The van der Waals surface area contributed by atoms with E-state index in [0.29, 0.717) is 21.8 Å². The Kier molecular flexibility index (Phi) is 6.07. The molecule has 1 saturated heterocycles. The molecule has 0 aromatic heterocycles. The molecule has 1 aliphatic heterocycles. The number of hydrogen-bond acceptors (Lipinski definition) is 4. The molecule has 0 atom stereocenters. The van der Waals surface area contributed by atoms with Gasteiger partial charge in [0.05, 0.1) is 17.1 Å². The van der Waals surface area contributed by atoms with Crippen molar-refractivity contribution in [1.82, 2.24) is 0 Å². The van der Waals surface area contributed by atoms with Gasteiger partial charge in [-0.3, -0.25) is 4.79 Å². The van der Waals surface area contributed by atoms with Crippen LogP contribution in [-0.2, 0) is 15.6 Å². The van der Waals surface area contributed by atoms with Gasteiger partial charge in [0.15, 0.2) is 9.84 Å². The number of carbonyl (C=O) groups excluding carboxylic acids is 1. The Hall–Kier alpha value is -2.05. The Morgan fingerprint density at radius 3 is 2.56 bits per heavy atom. The van der Waals surface area contributed by atoms with E-state index >= 15 is 0 Å². The van der Waals surface area contributed by atoms with E-state index in [-0.39, 0.29) is 11.7 Å². The van der Waals surface area contributed by atoms with Crippen LogP contribution in [0.2, 0.25) is 5.02 Å². The number of sulfone groups is 1. The van der Waals surface area contributed by atoms with Crippen molar-refractivity contribution in [3.63, 3.8) is 0 Å². The molecule has 2 aromatic rings. The summed E-state index contributed by atoms with van der Waals surface area (Å²) in [6.07, 6.45) is 4.66. The summed E-state index contributed by atoms with van der Waals surface area (Å²) in [6.45, 7) is 1.91. The summed E-state index contributed by atoms with van der Waals surface area (Å²) in [4.78, 5) is 15.0. The van der Waals surface area contributed by atoms with Gasteiger partial charge in [-0.1, -0.05) is 23.7 Å². The Labute approximate surface area is 165 Å². The smallest absolute Gasteiger partial charge is 0.255 e. The second-order valence-electron chi connectivity index (χ2n) is 6.93. The van der Waals surface area contributed by atoms with Gasteiger partial charge in [-0.05, 0) is 55.2 Å². The number of halogens is 1. The van der Waals surface area contributed by atoms with E-state index in [9.17, 15) is 13.2 Å². The molecule has 0 saturated carbocycles. The third kappa shape index (κ3) is 5.47. The number of rotatable bonds is 5. The van der Waals surface area contributed by atoms with E-state index in [1.807, 2.05) is 12.1 Å². The third-order valence-electron chi connectivity index (χ3n) is 4.52. The molecule has 0 aliphatic carbocycles. The number of piperidine rings is 1. The zero-order valence-electron chi connectivity index (χ0n) is 15.2. The van der Waals surface area contributed by atoms with Crippen molar-refractivity contribution in [2.75, 3.05) is 29.6 Å². The van der Waals surface area contributed by atoms with Crippen LogP contribution in [0, 0.1) is 0 Å².